The Kier molecular flexibility index (Phi) is 4.37. The van der Waals surface area contributed by atoms with Crippen LogP contribution in [0.4, 0.5) is 0 Å². The third-order valence-corrected chi connectivity index (χ3v) is 3.43. The summed E-state index contributed by atoms with van der Waals surface area (Å²) in [6.07, 6.45) is 2.60. The van der Waals surface area contributed by atoms with Crippen molar-refractivity contribution in [1.29, 1.82) is 5.26 Å². The van der Waals surface area contributed by atoms with Crippen molar-refractivity contribution >= 4 is 0 Å². The molecule has 1 rings (SSSR count). The largest absolute Gasteiger partial charge is 0.304 e. The first kappa shape index (κ1) is 11.5. The Hall–Kier alpha value is -0.590. The molecule has 80 valence electrons. The van der Waals surface area contributed by atoms with Crippen molar-refractivity contribution in [2.75, 3.05) is 20.1 Å². The van der Waals surface area contributed by atoms with Crippen molar-refractivity contribution in [2.45, 2.75) is 38.8 Å². The molecule has 3 atom stereocenters. The van der Waals surface area contributed by atoms with Crippen LogP contribution < -0.4 is 5.32 Å². The van der Waals surface area contributed by atoms with Gasteiger partial charge in [-0.25, -0.2) is 0 Å². The number of rotatable bonds is 3. The zero-order chi connectivity index (χ0) is 10.6. The molecule has 14 heavy (non-hydrogen) atoms. The Morgan fingerprint density at radius 3 is 2.86 bits per heavy atom. The fourth-order valence-electron chi connectivity index (χ4n) is 2.11. The summed E-state index contributed by atoms with van der Waals surface area (Å²) < 4.78 is 0. The number of hydrogen-bond donors (Lipinski definition) is 1. The number of nitrogens with one attached hydrogen (secondary N) is 1. The van der Waals surface area contributed by atoms with Gasteiger partial charge in [-0.2, -0.15) is 5.26 Å². The van der Waals surface area contributed by atoms with E-state index in [9.17, 15) is 0 Å². The van der Waals surface area contributed by atoms with Crippen molar-refractivity contribution in [2.24, 2.45) is 5.92 Å². The molecule has 0 spiro atoms. The molecule has 0 aromatic carbocycles. The minimum atomic E-state index is -0.0252. The number of hydrogen-bond acceptors (Lipinski definition) is 3. The molecule has 0 aliphatic carbocycles. The zero-order valence-electron chi connectivity index (χ0n) is 9.45. The summed E-state index contributed by atoms with van der Waals surface area (Å²) in [6.45, 7) is 6.58. The minimum absolute atomic E-state index is 0.0252. The highest BCUT2D eigenvalue weighted by molar-refractivity contribution is 4.93. The Bertz CT molecular complexity index is 209. The quantitative estimate of drug-likeness (QED) is 0.736. The van der Waals surface area contributed by atoms with E-state index in [4.69, 9.17) is 5.26 Å². The molecule has 0 amide bonds. The molecular weight excluding hydrogens is 174 g/mol. The summed E-state index contributed by atoms with van der Waals surface area (Å²) in [4.78, 5) is 2.43. The van der Waals surface area contributed by atoms with Gasteiger partial charge in [-0.15, -0.1) is 0 Å². The molecular formula is C11H21N3. The molecule has 1 aliphatic heterocycles. The highest BCUT2D eigenvalue weighted by Crippen LogP contribution is 2.22. The highest BCUT2D eigenvalue weighted by Gasteiger charge is 2.25. The molecule has 1 fully saturated rings. The topological polar surface area (TPSA) is 39.1 Å². The van der Waals surface area contributed by atoms with Gasteiger partial charge >= 0.3 is 0 Å². The van der Waals surface area contributed by atoms with E-state index in [2.05, 4.69) is 30.1 Å². The standard InChI is InChI=1S/C11H21N3/c1-9-5-4-6-14(10(9)2)8-11(7-12)13-3/h9-11,13H,4-6,8H2,1-3H3. The molecule has 3 nitrogen and oxygen atoms in total. The van der Waals surface area contributed by atoms with E-state index < -0.39 is 0 Å². The summed E-state index contributed by atoms with van der Waals surface area (Å²) in [5.41, 5.74) is 0. The maximum absolute atomic E-state index is 8.87. The van der Waals surface area contributed by atoms with Gasteiger partial charge in [0, 0.05) is 12.6 Å². The Morgan fingerprint density at radius 1 is 1.57 bits per heavy atom. The average molecular weight is 195 g/mol. The molecule has 0 aromatic rings. The van der Waals surface area contributed by atoms with E-state index in [0.29, 0.717) is 6.04 Å². The van der Waals surface area contributed by atoms with Crippen LogP contribution in [0.5, 0.6) is 0 Å². The van der Waals surface area contributed by atoms with Gasteiger partial charge in [0.05, 0.1) is 6.07 Å². The van der Waals surface area contributed by atoms with Crippen LogP contribution in [0, 0.1) is 17.2 Å². The van der Waals surface area contributed by atoms with Crippen LogP contribution in [0.15, 0.2) is 0 Å². The van der Waals surface area contributed by atoms with Crippen molar-refractivity contribution in [1.82, 2.24) is 10.2 Å². The Morgan fingerprint density at radius 2 is 2.29 bits per heavy atom. The Balaban J connectivity index is 2.47. The lowest BCUT2D eigenvalue weighted by Crippen LogP contribution is -2.48. The summed E-state index contributed by atoms with van der Waals surface area (Å²) in [5.74, 6) is 0.764. The first-order chi connectivity index (χ1) is 6.69. The number of nitrogens with zero attached hydrogens (tertiary/aromatic N) is 2. The Labute approximate surface area is 87.1 Å². The zero-order valence-corrected chi connectivity index (χ0v) is 9.45. The number of nitriles is 1. The molecule has 3 heteroatoms. The van der Waals surface area contributed by atoms with Gasteiger partial charge in [0.25, 0.3) is 0 Å². The highest BCUT2D eigenvalue weighted by atomic mass is 15.2. The summed E-state index contributed by atoms with van der Waals surface area (Å²) >= 11 is 0. The van der Waals surface area contributed by atoms with Crippen LogP contribution in [0.2, 0.25) is 0 Å². The van der Waals surface area contributed by atoms with Crippen molar-refractivity contribution in [3.05, 3.63) is 0 Å². The van der Waals surface area contributed by atoms with E-state index in [1.165, 1.54) is 12.8 Å². The third-order valence-electron chi connectivity index (χ3n) is 3.43. The number of piperidine rings is 1. The average Bonchev–Trinajstić information content (AvgIpc) is 2.20. The lowest BCUT2D eigenvalue weighted by atomic mass is 9.92. The van der Waals surface area contributed by atoms with Gasteiger partial charge in [0.15, 0.2) is 0 Å². The van der Waals surface area contributed by atoms with Gasteiger partial charge in [0.2, 0.25) is 0 Å². The maximum atomic E-state index is 8.87. The van der Waals surface area contributed by atoms with Crippen LogP contribution in [0.3, 0.4) is 0 Å². The van der Waals surface area contributed by atoms with Gasteiger partial charge in [-0.1, -0.05) is 6.92 Å². The molecule has 1 saturated heterocycles. The van der Waals surface area contributed by atoms with Crippen molar-refractivity contribution in [3.8, 4) is 6.07 Å². The van der Waals surface area contributed by atoms with Crippen molar-refractivity contribution in [3.63, 3.8) is 0 Å². The summed E-state index contributed by atoms with van der Waals surface area (Å²) in [6, 6.07) is 2.87. The third kappa shape index (κ3) is 2.70. The van der Waals surface area contributed by atoms with Crippen LogP contribution in [0.1, 0.15) is 26.7 Å². The van der Waals surface area contributed by atoms with E-state index in [0.717, 1.165) is 19.0 Å². The molecule has 1 aliphatic rings. The lowest BCUT2D eigenvalue weighted by molar-refractivity contribution is 0.109. The monoisotopic (exact) mass is 195 g/mol. The summed E-state index contributed by atoms with van der Waals surface area (Å²) in [7, 11) is 1.85. The number of likely N-dealkylation sites (N-methyl/N-ethyl adjacent to an activating group) is 1. The predicted octanol–water partition coefficient (Wildman–Crippen LogP) is 1.22. The second-order valence-electron chi connectivity index (χ2n) is 4.33. The maximum Gasteiger partial charge on any atom is 0.108 e. The van der Waals surface area contributed by atoms with Crippen LogP contribution in [0.25, 0.3) is 0 Å². The fraction of sp³-hybridized carbons (Fsp3) is 0.909. The fourth-order valence-corrected chi connectivity index (χ4v) is 2.11. The molecule has 0 aromatic heterocycles. The van der Waals surface area contributed by atoms with E-state index in [1.807, 2.05) is 7.05 Å². The van der Waals surface area contributed by atoms with Crippen LogP contribution in [-0.4, -0.2) is 37.1 Å². The van der Waals surface area contributed by atoms with Gasteiger partial charge in [0.1, 0.15) is 6.04 Å². The van der Waals surface area contributed by atoms with Gasteiger partial charge in [-0.3, -0.25) is 4.90 Å². The first-order valence-corrected chi connectivity index (χ1v) is 5.50. The molecule has 0 bridgehead atoms. The predicted molar refractivity (Wildman–Crippen MR) is 57.9 cm³/mol. The smallest absolute Gasteiger partial charge is 0.108 e. The molecule has 3 unspecified atom stereocenters. The molecule has 0 saturated carbocycles. The second kappa shape index (κ2) is 5.33. The molecule has 1 heterocycles. The first-order valence-electron chi connectivity index (χ1n) is 5.50. The molecule has 0 radical (unpaired) electrons. The van der Waals surface area contributed by atoms with E-state index in [-0.39, 0.29) is 6.04 Å². The minimum Gasteiger partial charge on any atom is -0.304 e. The van der Waals surface area contributed by atoms with Crippen LogP contribution >= 0.6 is 0 Å². The van der Waals surface area contributed by atoms with E-state index >= 15 is 0 Å². The van der Waals surface area contributed by atoms with Gasteiger partial charge in [-0.05, 0) is 39.3 Å². The summed E-state index contributed by atoms with van der Waals surface area (Å²) in [5, 5.41) is 11.9. The number of likely N-dealkylation sites (tertiary alicyclic amines) is 1. The molecule has 1 N–H and O–H groups in total. The van der Waals surface area contributed by atoms with Crippen molar-refractivity contribution < 1.29 is 0 Å². The SMILES string of the molecule is CNC(C#N)CN1CCCC(C)C1C. The second-order valence-corrected chi connectivity index (χ2v) is 4.33. The van der Waals surface area contributed by atoms with Gasteiger partial charge < -0.3 is 5.32 Å². The van der Waals surface area contributed by atoms with Crippen LogP contribution in [-0.2, 0) is 0 Å². The van der Waals surface area contributed by atoms with E-state index in [1.54, 1.807) is 0 Å². The normalized spacial score (nSPS) is 31.0. The lowest BCUT2D eigenvalue weighted by Gasteiger charge is -2.38.